The van der Waals surface area contributed by atoms with Crippen molar-refractivity contribution in [2.45, 2.75) is 53.5 Å². The number of nitrogens with zero attached hydrogens (tertiary/aromatic N) is 3. The van der Waals surface area contributed by atoms with Crippen LogP contribution < -0.4 is 10.1 Å². The number of hydrogen-bond acceptors (Lipinski definition) is 5. The number of imidazole rings is 1. The van der Waals surface area contributed by atoms with E-state index in [1.807, 2.05) is 29.7 Å². The van der Waals surface area contributed by atoms with Crippen LogP contribution in [0.1, 0.15) is 48.0 Å². The molecule has 0 spiro atoms. The first-order valence-corrected chi connectivity index (χ1v) is 9.66. The van der Waals surface area contributed by atoms with Crippen molar-refractivity contribution >= 4 is 11.5 Å². The van der Waals surface area contributed by atoms with Gasteiger partial charge in [0.05, 0.1) is 12.8 Å². The Hall–Kier alpha value is -2.76. The van der Waals surface area contributed by atoms with Crippen LogP contribution in [0.3, 0.4) is 0 Å². The van der Waals surface area contributed by atoms with Crippen LogP contribution in [0.25, 0.3) is 16.9 Å². The highest BCUT2D eigenvalue weighted by atomic mass is 16.5. The number of phenols is 1. The molecule has 0 amide bonds. The molecular weight excluding hydrogens is 352 g/mol. The van der Waals surface area contributed by atoms with Gasteiger partial charge in [-0.3, -0.25) is 9.38 Å². The lowest BCUT2D eigenvalue weighted by molar-refractivity contribution is 0.302. The van der Waals surface area contributed by atoms with E-state index >= 15 is 0 Å². The van der Waals surface area contributed by atoms with Crippen LogP contribution in [-0.2, 0) is 0 Å². The predicted octanol–water partition coefficient (Wildman–Crippen LogP) is 5.13. The Kier molecular flexibility index (Phi) is 5.24. The molecule has 0 bridgehead atoms. The second-order valence-electron chi connectivity index (χ2n) is 8.98. The molecule has 0 unspecified atom stereocenters. The van der Waals surface area contributed by atoms with E-state index in [9.17, 15) is 5.11 Å². The normalized spacial score (nSPS) is 12.4. The molecule has 2 aromatic heterocycles. The number of anilines is 1. The van der Waals surface area contributed by atoms with E-state index in [1.54, 1.807) is 18.5 Å². The minimum absolute atomic E-state index is 0.124. The predicted molar refractivity (Wildman–Crippen MR) is 113 cm³/mol. The molecule has 6 nitrogen and oxygen atoms in total. The zero-order valence-corrected chi connectivity index (χ0v) is 17.6. The molecule has 3 rings (SSSR count). The van der Waals surface area contributed by atoms with Gasteiger partial charge in [0.1, 0.15) is 11.5 Å². The Bertz CT molecular complexity index is 970. The van der Waals surface area contributed by atoms with E-state index in [1.165, 1.54) is 0 Å². The first-order chi connectivity index (χ1) is 13.1. The van der Waals surface area contributed by atoms with Crippen molar-refractivity contribution in [2.75, 3.05) is 11.9 Å². The third-order valence-corrected chi connectivity index (χ3v) is 4.39. The second kappa shape index (κ2) is 7.34. The van der Waals surface area contributed by atoms with Gasteiger partial charge in [-0.1, -0.05) is 20.8 Å². The number of ether oxygens (including phenoxy) is 1. The highest BCUT2D eigenvalue weighted by Gasteiger charge is 2.28. The summed E-state index contributed by atoms with van der Waals surface area (Å²) in [6, 6.07) is 5.33. The van der Waals surface area contributed by atoms with E-state index in [0.29, 0.717) is 12.4 Å². The molecule has 2 heterocycles. The molecule has 28 heavy (non-hydrogen) atoms. The molecule has 150 valence electrons. The Morgan fingerprint density at radius 2 is 1.93 bits per heavy atom. The monoisotopic (exact) mass is 382 g/mol. The van der Waals surface area contributed by atoms with Crippen LogP contribution in [0.4, 0.5) is 5.82 Å². The Labute approximate surface area is 166 Å². The van der Waals surface area contributed by atoms with Crippen molar-refractivity contribution < 1.29 is 9.84 Å². The van der Waals surface area contributed by atoms with Crippen molar-refractivity contribution in [1.29, 1.82) is 0 Å². The number of nitrogens with one attached hydrogen (secondary N) is 1. The van der Waals surface area contributed by atoms with Gasteiger partial charge < -0.3 is 15.2 Å². The maximum absolute atomic E-state index is 10.1. The topological polar surface area (TPSA) is 71.7 Å². The first-order valence-electron chi connectivity index (χ1n) is 9.66. The minimum Gasteiger partial charge on any atom is -0.504 e. The highest BCUT2D eigenvalue weighted by molar-refractivity contribution is 5.78. The number of aromatic hydroxyl groups is 1. The molecule has 0 aliphatic heterocycles. The average Bonchev–Trinajstić information content (AvgIpc) is 2.93. The summed E-state index contributed by atoms with van der Waals surface area (Å²) < 4.78 is 7.58. The highest BCUT2D eigenvalue weighted by Crippen LogP contribution is 2.37. The lowest BCUT2D eigenvalue weighted by atomic mass is 9.82. The van der Waals surface area contributed by atoms with Gasteiger partial charge in [-0.15, -0.1) is 0 Å². The van der Waals surface area contributed by atoms with Gasteiger partial charge in [-0.25, -0.2) is 4.98 Å². The fourth-order valence-electron chi connectivity index (χ4n) is 3.85. The van der Waals surface area contributed by atoms with Crippen LogP contribution in [0.15, 0.2) is 36.8 Å². The minimum atomic E-state index is -0.147. The molecule has 0 saturated carbocycles. The number of aromatic nitrogens is 3. The van der Waals surface area contributed by atoms with Gasteiger partial charge in [0.2, 0.25) is 0 Å². The average molecular weight is 383 g/mol. The maximum Gasteiger partial charge on any atom is 0.161 e. The van der Waals surface area contributed by atoms with Crippen LogP contribution in [0.5, 0.6) is 11.5 Å². The summed E-state index contributed by atoms with van der Waals surface area (Å²) in [5.41, 5.74) is 2.47. The smallest absolute Gasteiger partial charge is 0.161 e. The second-order valence-corrected chi connectivity index (χ2v) is 8.98. The lowest BCUT2D eigenvalue weighted by Crippen LogP contribution is -2.36. The van der Waals surface area contributed by atoms with Crippen molar-refractivity contribution in [3.8, 4) is 22.8 Å². The first kappa shape index (κ1) is 20.0. The molecule has 0 aliphatic rings. The van der Waals surface area contributed by atoms with Crippen molar-refractivity contribution in [1.82, 2.24) is 14.4 Å². The maximum atomic E-state index is 10.1. The summed E-state index contributed by atoms with van der Waals surface area (Å²) in [6.45, 7) is 13.5. The third-order valence-electron chi connectivity index (χ3n) is 4.39. The van der Waals surface area contributed by atoms with Gasteiger partial charge in [-0.05, 0) is 50.8 Å². The molecule has 0 fully saturated rings. The van der Waals surface area contributed by atoms with Gasteiger partial charge in [-0.2, -0.15) is 0 Å². The van der Waals surface area contributed by atoms with Gasteiger partial charge in [0, 0.05) is 23.5 Å². The molecule has 2 N–H and O–H groups in total. The standard InChI is InChI=1S/C22H30N4O2/c1-7-28-17-12-15(8-9-16(17)27)19-20(25-22(5,6)14-21(2,3)4)26-11-10-23-13-18(26)24-19/h8-13,25,27H,7,14H2,1-6H3. The zero-order valence-electron chi connectivity index (χ0n) is 17.6. The van der Waals surface area contributed by atoms with Crippen molar-refractivity contribution in [3.05, 3.63) is 36.8 Å². The molecule has 3 aromatic rings. The van der Waals surface area contributed by atoms with E-state index < -0.39 is 0 Å². The largest absolute Gasteiger partial charge is 0.504 e. The van der Waals surface area contributed by atoms with Gasteiger partial charge >= 0.3 is 0 Å². The summed E-state index contributed by atoms with van der Waals surface area (Å²) in [4.78, 5) is 9.00. The van der Waals surface area contributed by atoms with E-state index in [-0.39, 0.29) is 16.7 Å². The molecule has 0 radical (unpaired) electrons. The molecule has 1 aromatic carbocycles. The Morgan fingerprint density at radius 1 is 1.18 bits per heavy atom. The molecule has 6 heteroatoms. The molecule has 0 aliphatic carbocycles. The number of benzene rings is 1. The van der Waals surface area contributed by atoms with Gasteiger partial charge in [0.15, 0.2) is 17.1 Å². The summed E-state index contributed by atoms with van der Waals surface area (Å²) in [5, 5.41) is 13.8. The summed E-state index contributed by atoms with van der Waals surface area (Å²) in [5.74, 6) is 1.48. The Morgan fingerprint density at radius 3 is 2.61 bits per heavy atom. The molecular formula is C22H30N4O2. The SMILES string of the molecule is CCOc1cc(-c2nc3cnccn3c2NC(C)(C)CC(C)(C)C)ccc1O. The fourth-order valence-corrected chi connectivity index (χ4v) is 3.85. The van der Waals surface area contributed by atoms with Crippen molar-refractivity contribution in [3.63, 3.8) is 0 Å². The number of phenolic OH excluding ortho intramolecular Hbond substituents is 1. The summed E-state index contributed by atoms with van der Waals surface area (Å²) >= 11 is 0. The van der Waals surface area contributed by atoms with E-state index in [4.69, 9.17) is 9.72 Å². The summed E-state index contributed by atoms with van der Waals surface area (Å²) in [7, 11) is 0. The quantitative estimate of drug-likeness (QED) is 0.618. The van der Waals surface area contributed by atoms with Crippen LogP contribution in [-0.4, -0.2) is 31.6 Å². The number of hydrogen-bond donors (Lipinski definition) is 2. The van der Waals surface area contributed by atoms with Crippen LogP contribution in [0.2, 0.25) is 0 Å². The van der Waals surface area contributed by atoms with Crippen LogP contribution in [0, 0.1) is 5.41 Å². The van der Waals surface area contributed by atoms with E-state index in [0.717, 1.165) is 29.1 Å². The zero-order chi connectivity index (χ0) is 20.5. The Balaban J connectivity index is 2.11. The molecule has 0 atom stereocenters. The van der Waals surface area contributed by atoms with Crippen LogP contribution >= 0.6 is 0 Å². The van der Waals surface area contributed by atoms with Crippen molar-refractivity contribution in [2.24, 2.45) is 5.41 Å². The number of fused-ring (bicyclic) bond motifs is 1. The summed E-state index contributed by atoms with van der Waals surface area (Å²) in [6.07, 6.45) is 6.39. The third kappa shape index (κ3) is 4.38. The number of rotatable bonds is 6. The fraction of sp³-hybridized carbons (Fsp3) is 0.455. The van der Waals surface area contributed by atoms with Gasteiger partial charge in [0.25, 0.3) is 0 Å². The molecule has 0 saturated heterocycles. The lowest BCUT2D eigenvalue weighted by Gasteiger charge is -2.34. The van der Waals surface area contributed by atoms with E-state index in [2.05, 4.69) is 44.9 Å².